The number of nitrogens with zero attached hydrogens (tertiary/aromatic N) is 1. The monoisotopic (exact) mass is 318 g/mol. The van der Waals surface area contributed by atoms with Crippen LogP contribution >= 0.6 is 0 Å². The molecule has 0 fully saturated rings. The molecule has 0 aromatic heterocycles. The zero-order valence-corrected chi connectivity index (χ0v) is 13.5. The van der Waals surface area contributed by atoms with E-state index in [-0.39, 0.29) is 10.8 Å². The summed E-state index contributed by atoms with van der Waals surface area (Å²) in [5.41, 5.74) is 2.15. The van der Waals surface area contributed by atoms with Crippen LogP contribution < -0.4 is 9.62 Å². The van der Waals surface area contributed by atoms with Crippen molar-refractivity contribution in [2.75, 3.05) is 16.7 Å². The van der Waals surface area contributed by atoms with Gasteiger partial charge in [-0.25, -0.2) is 8.42 Å². The Morgan fingerprint density at radius 3 is 2.27 bits per heavy atom. The van der Waals surface area contributed by atoms with Crippen LogP contribution in [0.1, 0.15) is 12.5 Å². The summed E-state index contributed by atoms with van der Waals surface area (Å²) in [6, 6.07) is 13.4. The molecule has 2 rings (SSSR count). The molecule has 0 bridgehead atoms. The Labute approximate surface area is 130 Å². The number of sulfonamides is 1. The normalized spacial score (nSPS) is 11.0. The lowest BCUT2D eigenvalue weighted by molar-refractivity contribution is -0.114. The third kappa shape index (κ3) is 3.46. The molecular formula is C16H18N2O3S. The first-order valence-corrected chi connectivity index (χ1v) is 8.18. The number of anilines is 2. The van der Waals surface area contributed by atoms with Gasteiger partial charge in [-0.3, -0.25) is 9.10 Å². The molecule has 0 aliphatic heterocycles. The van der Waals surface area contributed by atoms with Gasteiger partial charge in [-0.2, -0.15) is 0 Å². The Bertz CT molecular complexity index is 783. The van der Waals surface area contributed by atoms with E-state index in [4.69, 9.17) is 0 Å². The second-order valence-corrected chi connectivity index (χ2v) is 6.99. The molecule has 2 aromatic carbocycles. The first-order chi connectivity index (χ1) is 10.3. The molecule has 1 amide bonds. The van der Waals surface area contributed by atoms with Crippen molar-refractivity contribution in [3.63, 3.8) is 0 Å². The van der Waals surface area contributed by atoms with Gasteiger partial charge in [-0.15, -0.1) is 0 Å². The van der Waals surface area contributed by atoms with Crippen LogP contribution in [0.5, 0.6) is 0 Å². The molecule has 0 aliphatic carbocycles. The van der Waals surface area contributed by atoms with Crippen molar-refractivity contribution < 1.29 is 13.2 Å². The Morgan fingerprint density at radius 2 is 1.73 bits per heavy atom. The van der Waals surface area contributed by atoms with E-state index in [1.165, 1.54) is 30.4 Å². The van der Waals surface area contributed by atoms with E-state index >= 15 is 0 Å². The summed E-state index contributed by atoms with van der Waals surface area (Å²) >= 11 is 0. The standard InChI is InChI=1S/C16H18N2O3S/c1-12-5-4-6-15(11-12)18(3)22(20,21)16-9-7-14(8-10-16)17-13(2)19/h4-11H,1-3H3,(H,17,19). The van der Waals surface area contributed by atoms with Crippen molar-refractivity contribution in [3.8, 4) is 0 Å². The maximum atomic E-state index is 12.6. The van der Waals surface area contributed by atoms with Crippen molar-refractivity contribution in [2.24, 2.45) is 0 Å². The van der Waals surface area contributed by atoms with Gasteiger partial charge in [0.15, 0.2) is 0 Å². The molecule has 22 heavy (non-hydrogen) atoms. The van der Waals surface area contributed by atoms with Gasteiger partial charge in [0, 0.05) is 19.7 Å². The zero-order valence-electron chi connectivity index (χ0n) is 12.7. The quantitative estimate of drug-likeness (QED) is 0.942. The van der Waals surface area contributed by atoms with Crippen molar-refractivity contribution in [1.82, 2.24) is 0 Å². The van der Waals surface area contributed by atoms with Crippen LogP contribution in [-0.2, 0) is 14.8 Å². The summed E-state index contributed by atoms with van der Waals surface area (Å²) in [6.07, 6.45) is 0. The Morgan fingerprint density at radius 1 is 1.09 bits per heavy atom. The maximum absolute atomic E-state index is 12.6. The summed E-state index contributed by atoms with van der Waals surface area (Å²) in [7, 11) is -2.11. The van der Waals surface area contributed by atoms with E-state index in [0.29, 0.717) is 11.4 Å². The van der Waals surface area contributed by atoms with Crippen molar-refractivity contribution in [1.29, 1.82) is 0 Å². The van der Waals surface area contributed by atoms with Gasteiger partial charge in [-0.05, 0) is 48.9 Å². The third-order valence-electron chi connectivity index (χ3n) is 3.20. The van der Waals surface area contributed by atoms with Gasteiger partial charge in [-0.1, -0.05) is 12.1 Å². The Hall–Kier alpha value is -2.34. The molecule has 5 nitrogen and oxygen atoms in total. The number of benzene rings is 2. The first-order valence-electron chi connectivity index (χ1n) is 6.74. The van der Waals surface area contributed by atoms with Crippen molar-refractivity contribution >= 4 is 27.3 Å². The van der Waals surface area contributed by atoms with Gasteiger partial charge < -0.3 is 5.32 Å². The van der Waals surface area contributed by atoms with Crippen molar-refractivity contribution in [3.05, 3.63) is 54.1 Å². The fraction of sp³-hybridized carbons (Fsp3) is 0.188. The molecule has 0 atom stereocenters. The second kappa shape index (κ2) is 6.19. The highest BCUT2D eigenvalue weighted by Gasteiger charge is 2.21. The van der Waals surface area contributed by atoms with Crippen LogP contribution in [0.4, 0.5) is 11.4 Å². The number of hydrogen-bond acceptors (Lipinski definition) is 3. The number of aryl methyl sites for hydroxylation is 1. The summed E-state index contributed by atoms with van der Waals surface area (Å²) in [5, 5.41) is 2.60. The average molecular weight is 318 g/mol. The molecule has 0 saturated heterocycles. The van der Waals surface area contributed by atoms with E-state index in [0.717, 1.165) is 5.56 Å². The highest BCUT2D eigenvalue weighted by Crippen LogP contribution is 2.23. The van der Waals surface area contributed by atoms with Crippen molar-refractivity contribution in [2.45, 2.75) is 18.7 Å². The van der Waals surface area contributed by atoms with Gasteiger partial charge >= 0.3 is 0 Å². The largest absolute Gasteiger partial charge is 0.326 e. The molecule has 116 valence electrons. The lowest BCUT2D eigenvalue weighted by Gasteiger charge is -2.20. The molecular weight excluding hydrogens is 300 g/mol. The van der Waals surface area contributed by atoms with E-state index in [9.17, 15) is 13.2 Å². The molecule has 0 unspecified atom stereocenters. The first kappa shape index (κ1) is 16.0. The summed E-state index contributed by atoms with van der Waals surface area (Å²) < 4.78 is 26.5. The minimum atomic E-state index is -3.63. The van der Waals surface area contributed by atoms with Crippen LogP contribution in [0.25, 0.3) is 0 Å². The van der Waals surface area contributed by atoms with Gasteiger partial charge in [0.2, 0.25) is 5.91 Å². The highest BCUT2D eigenvalue weighted by atomic mass is 32.2. The summed E-state index contributed by atoms with van der Waals surface area (Å²) in [6.45, 7) is 3.31. The van der Waals surface area contributed by atoms with Crippen LogP contribution in [-0.4, -0.2) is 21.4 Å². The average Bonchev–Trinajstić information content (AvgIpc) is 2.46. The predicted molar refractivity (Wildman–Crippen MR) is 87.5 cm³/mol. The van der Waals surface area contributed by atoms with E-state index < -0.39 is 10.0 Å². The number of amides is 1. The fourth-order valence-electron chi connectivity index (χ4n) is 2.03. The zero-order chi connectivity index (χ0) is 16.3. The summed E-state index contributed by atoms with van der Waals surface area (Å²) in [5.74, 6) is -0.201. The summed E-state index contributed by atoms with van der Waals surface area (Å²) in [4.78, 5) is 11.2. The van der Waals surface area contributed by atoms with Crippen LogP contribution in [0.15, 0.2) is 53.4 Å². The molecule has 2 aromatic rings. The highest BCUT2D eigenvalue weighted by molar-refractivity contribution is 7.92. The van der Waals surface area contributed by atoms with Gasteiger partial charge in [0.1, 0.15) is 0 Å². The molecule has 0 saturated carbocycles. The van der Waals surface area contributed by atoms with E-state index in [1.807, 2.05) is 25.1 Å². The number of rotatable bonds is 4. The lowest BCUT2D eigenvalue weighted by atomic mass is 10.2. The van der Waals surface area contributed by atoms with Crippen LogP contribution in [0, 0.1) is 6.92 Å². The number of carbonyl (C=O) groups excluding carboxylic acids is 1. The minimum Gasteiger partial charge on any atom is -0.326 e. The molecule has 0 heterocycles. The topological polar surface area (TPSA) is 66.5 Å². The smallest absolute Gasteiger partial charge is 0.264 e. The number of hydrogen-bond donors (Lipinski definition) is 1. The SMILES string of the molecule is CC(=O)Nc1ccc(S(=O)(=O)N(C)c2cccc(C)c2)cc1. The number of nitrogens with one attached hydrogen (secondary N) is 1. The van der Waals surface area contributed by atoms with E-state index in [2.05, 4.69) is 5.32 Å². The fourth-order valence-corrected chi connectivity index (χ4v) is 3.22. The molecule has 0 spiro atoms. The number of carbonyl (C=O) groups is 1. The minimum absolute atomic E-state index is 0.172. The van der Waals surface area contributed by atoms with Crippen LogP contribution in [0.2, 0.25) is 0 Å². The Kier molecular flexibility index (Phi) is 4.51. The Balaban J connectivity index is 2.31. The second-order valence-electron chi connectivity index (χ2n) is 5.02. The third-order valence-corrected chi connectivity index (χ3v) is 5.00. The molecule has 0 radical (unpaired) electrons. The van der Waals surface area contributed by atoms with E-state index in [1.54, 1.807) is 18.2 Å². The molecule has 6 heteroatoms. The molecule has 1 N–H and O–H groups in total. The lowest BCUT2D eigenvalue weighted by Crippen LogP contribution is -2.26. The predicted octanol–water partition coefficient (Wildman–Crippen LogP) is 2.78. The molecule has 0 aliphatic rings. The van der Waals surface area contributed by atoms with Gasteiger partial charge in [0.25, 0.3) is 10.0 Å². The maximum Gasteiger partial charge on any atom is 0.264 e. The van der Waals surface area contributed by atoms with Gasteiger partial charge in [0.05, 0.1) is 10.6 Å². The van der Waals surface area contributed by atoms with Crippen LogP contribution in [0.3, 0.4) is 0 Å².